The van der Waals surface area contributed by atoms with Crippen molar-refractivity contribution < 1.29 is 9.90 Å². The molecule has 3 heteroatoms. The van der Waals surface area contributed by atoms with Gasteiger partial charge < -0.3 is 10.0 Å². The number of nitrogens with zero attached hydrogens (tertiary/aromatic N) is 1. The maximum Gasteiger partial charge on any atom is 0.230 e. The Morgan fingerprint density at radius 3 is 2.29 bits per heavy atom. The molecule has 0 aromatic heterocycles. The Balaban J connectivity index is 2.07. The minimum absolute atomic E-state index is 0.0316. The molecule has 24 heavy (non-hydrogen) atoms. The van der Waals surface area contributed by atoms with Gasteiger partial charge in [0.05, 0.1) is 12.5 Å². The average molecular weight is 323 g/mol. The second-order valence-electron chi connectivity index (χ2n) is 5.69. The van der Waals surface area contributed by atoms with Gasteiger partial charge in [-0.25, -0.2) is 0 Å². The number of aliphatic hydroxyl groups excluding tert-OH is 1. The van der Waals surface area contributed by atoms with Gasteiger partial charge in [0.25, 0.3) is 0 Å². The first-order valence-corrected chi connectivity index (χ1v) is 8.42. The summed E-state index contributed by atoms with van der Waals surface area (Å²) in [4.78, 5) is 14.6. The maximum atomic E-state index is 12.9. The molecule has 0 fully saturated rings. The molecule has 2 aromatic carbocycles. The molecule has 0 unspecified atom stereocenters. The third kappa shape index (κ3) is 5.07. The van der Waals surface area contributed by atoms with Crippen molar-refractivity contribution in [3.05, 3.63) is 77.9 Å². The zero-order valence-electron chi connectivity index (χ0n) is 14.1. The third-order valence-corrected chi connectivity index (χ3v) is 4.03. The van der Waals surface area contributed by atoms with E-state index in [4.69, 9.17) is 0 Å². The van der Waals surface area contributed by atoms with Crippen LogP contribution in [0.5, 0.6) is 0 Å². The van der Waals surface area contributed by atoms with E-state index in [-0.39, 0.29) is 18.4 Å². The molecule has 0 radical (unpaired) electrons. The van der Waals surface area contributed by atoms with Crippen LogP contribution in [0.3, 0.4) is 0 Å². The zero-order chi connectivity index (χ0) is 17.2. The van der Waals surface area contributed by atoms with Gasteiger partial charge >= 0.3 is 0 Å². The van der Waals surface area contributed by atoms with Crippen LogP contribution in [0.15, 0.2) is 66.7 Å². The van der Waals surface area contributed by atoms with Gasteiger partial charge in [-0.2, -0.15) is 0 Å². The van der Waals surface area contributed by atoms with E-state index in [0.717, 1.165) is 17.5 Å². The maximum absolute atomic E-state index is 12.9. The Hall–Kier alpha value is -2.39. The lowest BCUT2D eigenvalue weighted by molar-refractivity contribution is -0.132. The van der Waals surface area contributed by atoms with Crippen molar-refractivity contribution in [3.63, 3.8) is 0 Å². The highest BCUT2D eigenvalue weighted by Gasteiger charge is 2.23. The SMILES string of the molecule is CC[C@H](C(=O)N(C/C=C/c1ccccc1)CCO)c1ccccc1. The van der Waals surface area contributed by atoms with Crippen LogP contribution in [0.25, 0.3) is 6.08 Å². The third-order valence-electron chi connectivity index (χ3n) is 4.03. The van der Waals surface area contributed by atoms with E-state index >= 15 is 0 Å². The van der Waals surface area contributed by atoms with Crippen LogP contribution in [0.1, 0.15) is 30.4 Å². The molecule has 0 heterocycles. The van der Waals surface area contributed by atoms with Gasteiger partial charge in [-0.15, -0.1) is 0 Å². The number of carbonyl (C=O) groups is 1. The quantitative estimate of drug-likeness (QED) is 0.804. The summed E-state index contributed by atoms with van der Waals surface area (Å²) in [5.41, 5.74) is 2.13. The lowest BCUT2D eigenvalue weighted by Gasteiger charge is -2.25. The number of hydrogen-bond acceptors (Lipinski definition) is 2. The van der Waals surface area contributed by atoms with Gasteiger partial charge in [0.2, 0.25) is 5.91 Å². The van der Waals surface area contributed by atoms with Crippen molar-refractivity contribution in [1.82, 2.24) is 4.90 Å². The molecule has 0 saturated heterocycles. The van der Waals surface area contributed by atoms with Gasteiger partial charge in [-0.3, -0.25) is 4.79 Å². The summed E-state index contributed by atoms with van der Waals surface area (Å²) in [6.45, 7) is 2.83. The van der Waals surface area contributed by atoms with Crippen molar-refractivity contribution in [1.29, 1.82) is 0 Å². The van der Waals surface area contributed by atoms with Crippen LogP contribution in [0, 0.1) is 0 Å². The Morgan fingerprint density at radius 2 is 1.71 bits per heavy atom. The molecule has 1 amide bonds. The zero-order valence-corrected chi connectivity index (χ0v) is 14.1. The number of carbonyl (C=O) groups excluding carboxylic acids is 1. The van der Waals surface area contributed by atoms with E-state index < -0.39 is 0 Å². The molecule has 3 nitrogen and oxygen atoms in total. The second kappa shape index (κ2) is 9.68. The van der Waals surface area contributed by atoms with E-state index in [9.17, 15) is 9.90 Å². The number of rotatable bonds is 8. The summed E-state index contributed by atoms with van der Waals surface area (Å²) in [5.74, 6) is -0.0988. The molecule has 2 aromatic rings. The number of hydrogen-bond donors (Lipinski definition) is 1. The molecule has 0 aliphatic rings. The minimum atomic E-state index is -0.164. The van der Waals surface area contributed by atoms with E-state index in [1.54, 1.807) is 4.90 Å². The monoisotopic (exact) mass is 323 g/mol. The van der Waals surface area contributed by atoms with E-state index in [1.807, 2.05) is 79.7 Å². The molecule has 0 aliphatic carbocycles. The van der Waals surface area contributed by atoms with Gasteiger partial charge in [-0.05, 0) is 17.5 Å². The highest BCUT2D eigenvalue weighted by molar-refractivity contribution is 5.84. The second-order valence-corrected chi connectivity index (χ2v) is 5.69. The summed E-state index contributed by atoms with van der Waals surface area (Å²) in [6, 6.07) is 19.8. The van der Waals surface area contributed by atoms with Crippen molar-refractivity contribution >= 4 is 12.0 Å². The lowest BCUT2D eigenvalue weighted by atomic mass is 9.95. The fourth-order valence-corrected chi connectivity index (χ4v) is 2.75. The first-order chi connectivity index (χ1) is 11.8. The summed E-state index contributed by atoms with van der Waals surface area (Å²) in [6.07, 6.45) is 4.72. The number of aliphatic hydroxyl groups is 1. The van der Waals surface area contributed by atoms with Crippen molar-refractivity contribution in [2.45, 2.75) is 19.3 Å². The Kier molecular flexibility index (Phi) is 7.24. The highest BCUT2D eigenvalue weighted by atomic mass is 16.3. The van der Waals surface area contributed by atoms with E-state index in [0.29, 0.717) is 13.1 Å². The predicted molar refractivity (Wildman–Crippen MR) is 98.6 cm³/mol. The van der Waals surface area contributed by atoms with Crippen LogP contribution < -0.4 is 0 Å². The highest BCUT2D eigenvalue weighted by Crippen LogP contribution is 2.22. The van der Waals surface area contributed by atoms with Crippen LogP contribution in [0.4, 0.5) is 0 Å². The Morgan fingerprint density at radius 1 is 1.08 bits per heavy atom. The number of benzene rings is 2. The molecule has 0 aliphatic heterocycles. The first kappa shape index (κ1) is 18.0. The standard InChI is InChI=1S/C21H25NO2/c1-2-20(19-13-7-4-8-14-19)21(24)22(16-17-23)15-9-12-18-10-5-3-6-11-18/h3-14,20,23H,2,15-17H2,1H3/b12-9+/t20-/m0/s1. The number of amides is 1. The van der Waals surface area contributed by atoms with Crippen LogP contribution in [0.2, 0.25) is 0 Å². The van der Waals surface area contributed by atoms with Gasteiger partial charge in [-0.1, -0.05) is 79.7 Å². The minimum Gasteiger partial charge on any atom is -0.395 e. The van der Waals surface area contributed by atoms with Crippen molar-refractivity contribution in [2.75, 3.05) is 19.7 Å². The fraction of sp³-hybridized carbons (Fsp3) is 0.286. The smallest absolute Gasteiger partial charge is 0.230 e. The first-order valence-electron chi connectivity index (χ1n) is 8.42. The van der Waals surface area contributed by atoms with Gasteiger partial charge in [0.1, 0.15) is 0 Å². The summed E-state index contributed by atoms with van der Waals surface area (Å²) < 4.78 is 0. The molecule has 1 N–H and O–H groups in total. The molecule has 0 saturated carbocycles. The van der Waals surface area contributed by atoms with E-state index in [2.05, 4.69) is 0 Å². The van der Waals surface area contributed by atoms with Gasteiger partial charge in [0, 0.05) is 13.1 Å². The molecular weight excluding hydrogens is 298 g/mol. The summed E-state index contributed by atoms with van der Waals surface area (Å²) in [7, 11) is 0. The largest absolute Gasteiger partial charge is 0.395 e. The van der Waals surface area contributed by atoms with Crippen LogP contribution in [-0.2, 0) is 4.79 Å². The lowest BCUT2D eigenvalue weighted by Crippen LogP contribution is -2.37. The normalized spacial score (nSPS) is 12.2. The Bertz CT molecular complexity index is 637. The topological polar surface area (TPSA) is 40.5 Å². The fourth-order valence-electron chi connectivity index (χ4n) is 2.75. The summed E-state index contributed by atoms with van der Waals surface area (Å²) >= 11 is 0. The average Bonchev–Trinajstić information content (AvgIpc) is 2.63. The Labute approximate surface area is 144 Å². The predicted octanol–water partition coefficient (Wildman–Crippen LogP) is 3.71. The summed E-state index contributed by atoms with van der Waals surface area (Å²) in [5, 5.41) is 9.31. The molecule has 126 valence electrons. The van der Waals surface area contributed by atoms with Crippen molar-refractivity contribution in [3.8, 4) is 0 Å². The van der Waals surface area contributed by atoms with E-state index in [1.165, 1.54) is 0 Å². The van der Waals surface area contributed by atoms with Gasteiger partial charge in [0.15, 0.2) is 0 Å². The molecule has 2 rings (SSSR count). The molecule has 0 spiro atoms. The van der Waals surface area contributed by atoms with Crippen LogP contribution in [-0.4, -0.2) is 35.6 Å². The molecular formula is C21H25NO2. The van der Waals surface area contributed by atoms with Crippen molar-refractivity contribution in [2.24, 2.45) is 0 Å². The molecule has 1 atom stereocenters. The van der Waals surface area contributed by atoms with Crippen LogP contribution >= 0.6 is 0 Å². The molecule has 0 bridgehead atoms.